The van der Waals surface area contributed by atoms with Gasteiger partial charge in [-0.25, -0.2) is 0 Å². The molecule has 0 fully saturated rings. The SMILES string of the molecule is CC(C)=c1c(NC(C)(C)C)ccc2c1=[C-]c1ccccc1-2.C[N-]C.C[N-]C.[Mo+3]. The molecule has 4 heteroatoms. The summed E-state index contributed by atoms with van der Waals surface area (Å²) in [5.74, 6) is 0. The molecule has 0 atom stereocenters. The van der Waals surface area contributed by atoms with E-state index in [1.807, 2.05) is 0 Å². The summed E-state index contributed by atoms with van der Waals surface area (Å²) in [6, 6.07) is 12.9. The van der Waals surface area contributed by atoms with Gasteiger partial charge in [0.15, 0.2) is 0 Å². The second-order valence-corrected chi connectivity index (χ2v) is 7.85. The van der Waals surface area contributed by atoms with E-state index in [0.717, 1.165) is 0 Å². The summed E-state index contributed by atoms with van der Waals surface area (Å²) in [7, 11) is 7.00. The van der Waals surface area contributed by atoms with Crippen molar-refractivity contribution in [2.24, 2.45) is 0 Å². The third kappa shape index (κ3) is 7.20. The van der Waals surface area contributed by atoms with Crippen LogP contribution in [0.15, 0.2) is 36.4 Å². The topological polar surface area (TPSA) is 40.2 Å². The van der Waals surface area contributed by atoms with Crippen LogP contribution in [0.1, 0.15) is 40.2 Å². The molecule has 151 valence electrons. The molecular formula is C24H34MoN3. The van der Waals surface area contributed by atoms with Gasteiger partial charge in [-0.3, -0.25) is 0 Å². The van der Waals surface area contributed by atoms with Crippen LogP contribution in [0.3, 0.4) is 0 Å². The zero-order chi connectivity index (χ0) is 20.6. The molecule has 2 aromatic carbocycles. The van der Waals surface area contributed by atoms with Crippen LogP contribution in [0.4, 0.5) is 5.69 Å². The Labute approximate surface area is 186 Å². The summed E-state index contributed by atoms with van der Waals surface area (Å²) in [6.07, 6.45) is 3.59. The van der Waals surface area contributed by atoms with Crippen molar-refractivity contribution in [2.45, 2.75) is 40.2 Å². The van der Waals surface area contributed by atoms with Crippen LogP contribution in [0.5, 0.6) is 0 Å². The minimum Gasteiger partial charge on any atom is -0.668 e. The number of fused-ring (bicyclic) bond motifs is 3. The molecule has 0 amide bonds. The van der Waals surface area contributed by atoms with Crippen molar-refractivity contribution in [2.75, 3.05) is 33.5 Å². The number of nitrogens with zero attached hydrogens (tertiary/aromatic N) is 2. The van der Waals surface area contributed by atoms with E-state index in [1.54, 1.807) is 28.2 Å². The van der Waals surface area contributed by atoms with E-state index in [2.05, 4.69) is 93.0 Å². The summed E-state index contributed by atoms with van der Waals surface area (Å²) in [4.78, 5) is 0. The molecule has 3 rings (SSSR count). The van der Waals surface area contributed by atoms with Crippen LogP contribution in [-0.2, 0) is 21.1 Å². The molecule has 0 saturated heterocycles. The van der Waals surface area contributed by atoms with E-state index in [1.165, 1.54) is 38.4 Å². The molecule has 0 aromatic heterocycles. The van der Waals surface area contributed by atoms with E-state index < -0.39 is 0 Å². The Morgan fingerprint density at radius 1 is 0.857 bits per heavy atom. The molecule has 0 aliphatic heterocycles. The Morgan fingerprint density at radius 3 is 1.89 bits per heavy atom. The average molecular weight is 460 g/mol. The van der Waals surface area contributed by atoms with Gasteiger partial charge in [-0.1, -0.05) is 49.4 Å². The number of hydrogen-bond donors (Lipinski definition) is 1. The van der Waals surface area contributed by atoms with Gasteiger partial charge in [0.2, 0.25) is 0 Å². The van der Waals surface area contributed by atoms with Crippen molar-refractivity contribution in [3.8, 4) is 11.1 Å². The summed E-state index contributed by atoms with van der Waals surface area (Å²) < 4.78 is 0. The van der Waals surface area contributed by atoms with Gasteiger partial charge in [-0.15, -0.1) is 39.6 Å². The zero-order valence-electron chi connectivity index (χ0n) is 18.8. The van der Waals surface area contributed by atoms with E-state index in [4.69, 9.17) is 0 Å². The van der Waals surface area contributed by atoms with Crippen molar-refractivity contribution in [1.82, 2.24) is 0 Å². The number of anilines is 1. The fraction of sp³-hybridized carbons (Fsp3) is 0.417. The Kier molecular flexibility index (Phi) is 11.6. The van der Waals surface area contributed by atoms with Crippen LogP contribution in [-0.4, -0.2) is 33.7 Å². The second kappa shape index (κ2) is 12.2. The predicted octanol–water partition coefficient (Wildman–Crippen LogP) is 5.01. The van der Waals surface area contributed by atoms with E-state index in [9.17, 15) is 0 Å². The first kappa shape index (κ1) is 26.6. The number of benzene rings is 2. The summed E-state index contributed by atoms with van der Waals surface area (Å²) in [6.45, 7) is 10.9. The van der Waals surface area contributed by atoms with Crippen LogP contribution >= 0.6 is 0 Å². The largest absolute Gasteiger partial charge is 3.00 e. The normalized spacial score (nSPS) is 10.6. The van der Waals surface area contributed by atoms with Gasteiger partial charge < -0.3 is 16.0 Å². The smallest absolute Gasteiger partial charge is 0.668 e. The molecule has 1 N–H and O–H groups in total. The molecule has 0 saturated carbocycles. The van der Waals surface area contributed by atoms with Crippen molar-refractivity contribution < 1.29 is 21.1 Å². The summed E-state index contributed by atoms with van der Waals surface area (Å²) >= 11 is 0. The second-order valence-electron chi connectivity index (χ2n) is 7.85. The van der Waals surface area contributed by atoms with Gasteiger partial charge in [0, 0.05) is 11.2 Å². The Balaban J connectivity index is 0.000000930. The molecule has 0 unspecified atom stereocenters. The van der Waals surface area contributed by atoms with Crippen LogP contribution in [0.25, 0.3) is 33.4 Å². The van der Waals surface area contributed by atoms with Crippen molar-refractivity contribution in [1.29, 1.82) is 0 Å². The van der Waals surface area contributed by atoms with Crippen LogP contribution in [0.2, 0.25) is 0 Å². The van der Waals surface area contributed by atoms with E-state index >= 15 is 0 Å². The molecule has 1 radical (unpaired) electrons. The molecule has 1 aliphatic carbocycles. The third-order valence-electron chi connectivity index (χ3n) is 3.69. The minimum absolute atomic E-state index is 0. The number of hydrogen-bond acceptors (Lipinski definition) is 1. The van der Waals surface area contributed by atoms with E-state index in [0.29, 0.717) is 0 Å². The molecule has 3 nitrogen and oxygen atoms in total. The van der Waals surface area contributed by atoms with Crippen molar-refractivity contribution >= 4 is 17.3 Å². The minimum atomic E-state index is 0. The first-order valence-corrected chi connectivity index (χ1v) is 9.28. The predicted molar refractivity (Wildman–Crippen MR) is 122 cm³/mol. The maximum absolute atomic E-state index is 3.63. The molecule has 1 aliphatic rings. The molecular weight excluding hydrogens is 426 g/mol. The Bertz CT molecular complexity index is 858. The average Bonchev–Trinajstić information content (AvgIpc) is 2.92. The molecule has 0 spiro atoms. The maximum Gasteiger partial charge on any atom is 3.00 e. The molecule has 28 heavy (non-hydrogen) atoms. The van der Waals surface area contributed by atoms with Crippen LogP contribution in [0, 0.1) is 0 Å². The molecule has 2 aromatic rings. The number of nitrogens with one attached hydrogen (secondary N) is 1. The summed E-state index contributed by atoms with van der Waals surface area (Å²) in [5.41, 5.74) is 6.34. The summed E-state index contributed by atoms with van der Waals surface area (Å²) in [5, 5.41) is 13.1. The Hall–Kier alpha value is -1.41. The van der Waals surface area contributed by atoms with Gasteiger partial charge in [-0.05, 0) is 20.8 Å². The standard InChI is InChI=1S/C20H22N.2C2H6N.Mo/c1-13(2)19-17-12-14-8-6-7-9-15(14)16(17)10-11-18(19)21-20(3,4)5;2*1-3-2;/h6-11,21H,1-5H3;2*1-2H3;/q3*-1;+3. The first-order valence-electron chi connectivity index (χ1n) is 9.28. The monoisotopic (exact) mass is 462 g/mol. The molecule has 0 heterocycles. The fourth-order valence-electron chi connectivity index (χ4n) is 2.95. The van der Waals surface area contributed by atoms with Gasteiger partial charge in [0.05, 0.1) is 0 Å². The van der Waals surface area contributed by atoms with Crippen molar-refractivity contribution in [3.05, 3.63) is 63.0 Å². The fourth-order valence-corrected chi connectivity index (χ4v) is 2.95. The van der Waals surface area contributed by atoms with Gasteiger partial charge in [0.1, 0.15) is 0 Å². The Morgan fingerprint density at radius 2 is 1.39 bits per heavy atom. The van der Waals surface area contributed by atoms with Gasteiger partial charge in [-0.2, -0.15) is 28.2 Å². The molecule has 0 bridgehead atoms. The number of rotatable bonds is 1. The van der Waals surface area contributed by atoms with Gasteiger partial charge >= 0.3 is 21.1 Å². The van der Waals surface area contributed by atoms with Crippen molar-refractivity contribution in [3.63, 3.8) is 0 Å². The maximum atomic E-state index is 3.63. The quantitative estimate of drug-likeness (QED) is 0.403. The third-order valence-corrected chi connectivity index (χ3v) is 3.69. The van der Waals surface area contributed by atoms with Crippen LogP contribution < -0.4 is 15.8 Å². The van der Waals surface area contributed by atoms with E-state index in [-0.39, 0.29) is 26.6 Å². The first-order chi connectivity index (χ1) is 12.7. The zero-order valence-corrected chi connectivity index (χ0v) is 20.8. The van der Waals surface area contributed by atoms with Gasteiger partial charge in [0.25, 0.3) is 0 Å².